The van der Waals surface area contributed by atoms with Gasteiger partial charge in [-0.15, -0.1) is 0 Å². The fraction of sp³-hybridized carbons (Fsp3) is 0.522. The number of carboxylic acid groups (broad SMARTS) is 2. The maximum absolute atomic E-state index is 11.4. The van der Waals surface area contributed by atoms with Gasteiger partial charge >= 0.3 is 17.9 Å². The molecule has 0 bridgehead atoms. The van der Waals surface area contributed by atoms with Crippen molar-refractivity contribution in [3.8, 4) is 0 Å². The van der Waals surface area contributed by atoms with Crippen LogP contribution in [-0.4, -0.2) is 64.2 Å². The highest BCUT2D eigenvalue weighted by Crippen LogP contribution is 2.24. The molecule has 3 N–H and O–H groups in total. The number of carbonyl (C=O) groups is 3. The van der Waals surface area contributed by atoms with Gasteiger partial charge in [0.05, 0.1) is 6.61 Å². The van der Waals surface area contributed by atoms with Crippen molar-refractivity contribution < 1.29 is 29.3 Å². The van der Waals surface area contributed by atoms with Crippen LogP contribution in [0.1, 0.15) is 44.7 Å². The molecule has 8 heteroatoms. The van der Waals surface area contributed by atoms with E-state index < -0.39 is 11.9 Å². The molecule has 0 spiro atoms. The quantitative estimate of drug-likeness (QED) is 0.432. The first-order valence-electron chi connectivity index (χ1n) is 10.8. The summed E-state index contributed by atoms with van der Waals surface area (Å²) in [7, 11) is 0. The molecule has 1 aliphatic rings. The summed E-state index contributed by atoms with van der Waals surface area (Å²) in [5, 5.41) is 16.1. The minimum Gasteiger partial charge on any atom is -0.473 e. The SMILES string of the molecule is CCOC(=O)CCCN1CCC(CCc2cc3ccccc3[nH]2)CC1.O=C(O)C(=O)O. The third-order valence-electron chi connectivity index (χ3n) is 5.46. The lowest BCUT2D eigenvalue weighted by Gasteiger charge is -2.31. The number of esters is 1. The predicted octanol–water partition coefficient (Wildman–Crippen LogP) is 3.31. The molecule has 1 aromatic heterocycles. The fourth-order valence-corrected chi connectivity index (χ4v) is 3.81. The molecule has 170 valence electrons. The molecule has 0 saturated carbocycles. The molecular weight excluding hydrogens is 400 g/mol. The number of likely N-dealkylation sites (tertiary alicyclic amines) is 1. The summed E-state index contributed by atoms with van der Waals surface area (Å²) >= 11 is 0. The summed E-state index contributed by atoms with van der Waals surface area (Å²) in [6.45, 7) is 5.70. The number of carbonyl (C=O) groups excluding carboxylic acids is 1. The number of carboxylic acids is 2. The van der Waals surface area contributed by atoms with E-state index in [0.717, 1.165) is 25.3 Å². The lowest BCUT2D eigenvalue weighted by molar-refractivity contribution is -0.159. The van der Waals surface area contributed by atoms with Crippen molar-refractivity contribution >= 4 is 28.8 Å². The first-order chi connectivity index (χ1) is 14.9. The van der Waals surface area contributed by atoms with Crippen LogP contribution < -0.4 is 0 Å². The van der Waals surface area contributed by atoms with Gasteiger partial charge in [0.1, 0.15) is 0 Å². The first-order valence-corrected chi connectivity index (χ1v) is 10.8. The minimum absolute atomic E-state index is 0.0595. The van der Waals surface area contributed by atoms with E-state index in [1.54, 1.807) is 0 Å². The second-order valence-corrected chi connectivity index (χ2v) is 7.72. The zero-order valence-corrected chi connectivity index (χ0v) is 18.0. The smallest absolute Gasteiger partial charge is 0.414 e. The number of ether oxygens (including phenoxy) is 1. The van der Waals surface area contributed by atoms with Gasteiger partial charge in [0, 0.05) is 17.6 Å². The highest BCUT2D eigenvalue weighted by molar-refractivity contribution is 6.27. The normalized spacial score (nSPS) is 14.6. The van der Waals surface area contributed by atoms with Crippen LogP contribution in [0.4, 0.5) is 0 Å². The number of nitrogens with one attached hydrogen (secondary N) is 1. The molecule has 1 aliphatic heterocycles. The number of benzene rings is 1. The van der Waals surface area contributed by atoms with Crippen LogP contribution in [0, 0.1) is 5.92 Å². The Hall–Kier alpha value is -2.87. The number of aliphatic carboxylic acids is 2. The highest BCUT2D eigenvalue weighted by Gasteiger charge is 2.19. The maximum Gasteiger partial charge on any atom is 0.414 e. The molecule has 0 amide bonds. The van der Waals surface area contributed by atoms with Crippen molar-refractivity contribution in [1.82, 2.24) is 9.88 Å². The highest BCUT2D eigenvalue weighted by atomic mass is 16.5. The van der Waals surface area contributed by atoms with Crippen LogP contribution in [0.5, 0.6) is 0 Å². The average molecular weight is 433 g/mol. The van der Waals surface area contributed by atoms with Crippen molar-refractivity contribution in [3.05, 3.63) is 36.0 Å². The van der Waals surface area contributed by atoms with Gasteiger partial charge in [0.25, 0.3) is 0 Å². The lowest BCUT2D eigenvalue weighted by atomic mass is 9.91. The Labute approximate surface area is 182 Å². The van der Waals surface area contributed by atoms with Crippen molar-refractivity contribution in [1.29, 1.82) is 0 Å². The van der Waals surface area contributed by atoms with Gasteiger partial charge in [0.15, 0.2) is 0 Å². The molecule has 0 aliphatic carbocycles. The molecule has 2 heterocycles. The lowest BCUT2D eigenvalue weighted by Crippen LogP contribution is -2.34. The van der Waals surface area contributed by atoms with E-state index in [1.807, 2.05) is 6.92 Å². The van der Waals surface area contributed by atoms with Gasteiger partial charge in [0.2, 0.25) is 0 Å². The summed E-state index contributed by atoms with van der Waals surface area (Å²) in [4.78, 5) is 35.6. The van der Waals surface area contributed by atoms with Gasteiger partial charge in [-0.25, -0.2) is 9.59 Å². The number of hydrogen-bond acceptors (Lipinski definition) is 5. The molecule has 8 nitrogen and oxygen atoms in total. The number of para-hydroxylation sites is 1. The van der Waals surface area contributed by atoms with E-state index in [9.17, 15) is 4.79 Å². The van der Waals surface area contributed by atoms with Gasteiger partial charge in [-0.1, -0.05) is 18.2 Å². The Kier molecular flexibility index (Phi) is 10.0. The van der Waals surface area contributed by atoms with Crippen LogP contribution in [0.25, 0.3) is 10.9 Å². The van der Waals surface area contributed by atoms with E-state index in [-0.39, 0.29) is 5.97 Å². The number of aromatic nitrogens is 1. The number of rotatable bonds is 8. The molecule has 1 saturated heterocycles. The molecule has 2 aromatic rings. The van der Waals surface area contributed by atoms with Crippen molar-refractivity contribution in [3.63, 3.8) is 0 Å². The fourth-order valence-electron chi connectivity index (χ4n) is 3.81. The van der Waals surface area contributed by atoms with E-state index in [2.05, 4.69) is 40.2 Å². The summed E-state index contributed by atoms with van der Waals surface area (Å²) < 4.78 is 4.98. The number of aryl methyl sites for hydroxylation is 1. The zero-order valence-electron chi connectivity index (χ0n) is 18.0. The first kappa shape index (κ1) is 24.4. The molecule has 3 rings (SSSR count). The topological polar surface area (TPSA) is 120 Å². The molecule has 0 unspecified atom stereocenters. The van der Waals surface area contributed by atoms with Crippen LogP contribution in [-0.2, 0) is 25.5 Å². The van der Waals surface area contributed by atoms with Crippen LogP contribution in [0.2, 0.25) is 0 Å². The van der Waals surface area contributed by atoms with Crippen LogP contribution in [0.3, 0.4) is 0 Å². The predicted molar refractivity (Wildman–Crippen MR) is 117 cm³/mol. The average Bonchev–Trinajstić information content (AvgIpc) is 3.17. The second-order valence-electron chi connectivity index (χ2n) is 7.72. The van der Waals surface area contributed by atoms with Gasteiger partial charge in [-0.05, 0) is 82.1 Å². The molecule has 1 fully saturated rings. The van der Waals surface area contributed by atoms with Gasteiger partial charge in [-0.3, -0.25) is 4.79 Å². The van der Waals surface area contributed by atoms with Gasteiger partial charge < -0.3 is 24.8 Å². The number of nitrogens with zero attached hydrogens (tertiary/aromatic N) is 1. The molecule has 31 heavy (non-hydrogen) atoms. The Bertz CT molecular complexity index is 810. The Morgan fingerprint density at radius 1 is 1.13 bits per heavy atom. The van der Waals surface area contributed by atoms with Crippen molar-refractivity contribution in [2.45, 2.75) is 45.4 Å². The summed E-state index contributed by atoms with van der Waals surface area (Å²) in [5.74, 6) is -2.88. The van der Waals surface area contributed by atoms with E-state index in [1.165, 1.54) is 48.9 Å². The van der Waals surface area contributed by atoms with E-state index >= 15 is 0 Å². The van der Waals surface area contributed by atoms with Crippen LogP contribution >= 0.6 is 0 Å². The maximum atomic E-state index is 11.4. The van der Waals surface area contributed by atoms with Crippen LogP contribution in [0.15, 0.2) is 30.3 Å². The van der Waals surface area contributed by atoms with E-state index in [0.29, 0.717) is 13.0 Å². The Morgan fingerprint density at radius 3 is 2.42 bits per heavy atom. The van der Waals surface area contributed by atoms with Gasteiger partial charge in [-0.2, -0.15) is 0 Å². The number of hydrogen-bond donors (Lipinski definition) is 3. The Balaban J connectivity index is 0.000000501. The zero-order chi connectivity index (χ0) is 22.6. The number of piperidine rings is 1. The largest absolute Gasteiger partial charge is 0.473 e. The van der Waals surface area contributed by atoms with E-state index in [4.69, 9.17) is 24.5 Å². The standard InChI is InChI=1S/C21H30N2O2.C2H2O4/c1-2-25-21(24)8-5-13-23-14-11-17(12-15-23)9-10-19-16-18-6-3-4-7-20(18)22-19;3-1(4)2(5)6/h3-4,6-7,16-17,22H,2,5,8-15H2,1H3;(H,3,4)(H,5,6). The minimum atomic E-state index is -1.82. The number of fused-ring (bicyclic) bond motifs is 1. The number of aromatic amines is 1. The second kappa shape index (κ2) is 12.7. The molecular formula is C23H32N2O6. The Morgan fingerprint density at radius 2 is 1.81 bits per heavy atom. The third kappa shape index (κ3) is 8.80. The number of H-pyrrole nitrogens is 1. The summed E-state index contributed by atoms with van der Waals surface area (Å²) in [6.07, 6.45) is 6.43. The summed E-state index contributed by atoms with van der Waals surface area (Å²) in [5.41, 5.74) is 2.60. The summed E-state index contributed by atoms with van der Waals surface area (Å²) in [6, 6.07) is 10.8. The van der Waals surface area contributed by atoms with Crippen molar-refractivity contribution in [2.75, 3.05) is 26.2 Å². The van der Waals surface area contributed by atoms with Crippen molar-refractivity contribution in [2.24, 2.45) is 5.92 Å². The molecule has 0 atom stereocenters. The monoisotopic (exact) mass is 432 g/mol. The third-order valence-corrected chi connectivity index (χ3v) is 5.46. The molecule has 0 radical (unpaired) electrons. The molecule has 1 aromatic carbocycles.